The lowest BCUT2D eigenvalue weighted by Crippen LogP contribution is -2.39. The number of hydrogen-bond acceptors (Lipinski definition) is 11. The van der Waals surface area contributed by atoms with Gasteiger partial charge in [0.1, 0.15) is 53.3 Å². The molecular weight excluding hydrogens is 747 g/mol. The molecule has 1 aliphatic heterocycles. The second-order valence-electron chi connectivity index (χ2n) is 13.1. The highest BCUT2D eigenvalue weighted by Gasteiger charge is 2.47. The van der Waals surface area contributed by atoms with Crippen LogP contribution in [0.2, 0.25) is 0 Å². The van der Waals surface area contributed by atoms with Crippen molar-refractivity contribution in [2.45, 2.75) is 43.2 Å². The van der Waals surface area contributed by atoms with Gasteiger partial charge in [0.2, 0.25) is 0 Å². The molecule has 6 rings (SSSR count). The lowest BCUT2D eigenvalue weighted by molar-refractivity contribution is -0.173. The molecule has 57 heavy (non-hydrogen) atoms. The smallest absolute Gasteiger partial charge is 0.471 e. The molecule has 0 bridgehead atoms. The van der Waals surface area contributed by atoms with Gasteiger partial charge in [0.25, 0.3) is 0 Å². The van der Waals surface area contributed by atoms with Crippen LogP contribution in [0.3, 0.4) is 0 Å². The van der Waals surface area contributed by atoms with E-state index in [1.807, 2.05) is 78.9 Å². The van der Waals surface area contributed by atoms with Gasteiger partial charge in [-0.3, -0.25) is 4.79 Å². The number of aliphatic hydroxyl groups excluding tert-OH is 2. The zero-order valence-corrected chi connectivity index (χ0v) is 31.6. The Balaban J connectivity index is 1.38. The van der Waals surface area contributed by atoms with Crippen LogP contribution in [0, 0.1) is 11.8 Å². The van der Waals surface area contributed by atoms with E-state index in [9.17, 15) is 28.2 Å². The molecule has 1 aliphatic rings. The van der Waals surface area contributed by atoms with Crippen LogP contribution in [0.25, 0.3) is 11.0 Å². The van der Waals surface area contributed by atoms with Crippen LogP contribution >= 0.6 is 0 Å². The molecule has 3 aromatic carbocycles. The third-order valence-electron chi connectivity index (χ3n) is 9.40. The molecule has 5 aromatic rings. The number of carbonyl (C=O) groups excluding carboxylic acids is 1. The minimum atomic E-state index is -5.09. The molecule has 298 valence electrons. The van der Waals surface area contributed by atoms with Crippen molar-refractivity contribution in [2.24, 2.45) is 4.99 Å². The number of hydrogen-bond donors (Lipinski definition) is 3. The van der Waals surface area contributed by atoms with Gasteiger partial charge in [-0.05, 0) is 53.8 Å². The Morgan fingerprint density at radius 3 is 2.09 bits per heavy atom. The van der Waals surface area contributed by atoms with Crippen molar-refractivity contribution in [3.8, 4) is 23.3 Å². The minimum Gasteiger partial charge on any atom is -0.497 e. The molecular formula is C40H40F3N7O7. The SMILES string of the molecule is COc1ccc(C(OC[C@H]2O[C@@H](n3nc(C#CCNC(=O)C(F)(F)F)c4c(/N=C(/C)N(C)C)ncnc43)[C@H](O)[C@@H]2O)(c2ccccc2)c2ccc(OC)cc2)cc1. The van der Waals surface area contributed by atoms with Crippen LogP contribution in [0.5, 0.6) is 11.5 Å². The van der Waals surface area contributed by atoms with Gasteiger partial charge in [0.05, 0.1) is 32.8 Å². The van der Waals surface area contributed by atoms with Crippen molar-refractivity contribution in [2.75, 3.05) is 41.5 Å². The summed E-state index contributed by atoms with van der Waals surface area (Å²) in [5.41, 5.74) is 1.04. The number of aromatic nitrogens is 4. The Hall–Kier alpha value is -6.06. The largest absolute Gasteiger partial charge is 0.497 e. The van der Waals surface area contributed by atoms with E-state index in [2.05, 4.69) is 31.9 Å². The summed E-state index contributed by atoms with van der Waals surface area (Å²) < 4.78 is 63.6. The number of alkyl halides is 3. The maximum absolute atomic E-state index is 12.8. The predicted molar refractivity (Wildman–Crippen MR) is 202 cm³/mol. The highest BCUT2D eigenvalue weighted by atomic mass is 19.4. The average Bonchev–Trinajstić information content (AvgIpc) is 3.72. The number of aliphatic imine (C=N–C) groups is 1. The average molecular weight is 788 g/mol. The van der Waals surface area contributed by atoms with Gasteiger partial charge >= 0.3 is 12.1 Å². The molecule has 17 heteroatoms. The Labute approximate surface area is 325 Å². The van der Waals surface area contributed by atoms with Crippen LogP contribution in [-0.4, -0.2) is 113 Å². The number of ether oxygens (including phenoxy) is 4. The van der Waals surface area contributed by atoms with E-state index in [4.69, 9.17) is 18.9 Å². The molecule has 3 N–H and O–H groups in total. The zero-order valence-electron chi connectivity index (χ0n) is 31.6. The fourth-order valence-corrected chi connectivity index (χ4v) is 6.26. The summed E-state index contributed by atoms with van der Waals surface area (Å²) in [6, 6.07) is 24.3. The Morgan fingerprint density at radius 1 is 0.930 bits per heavy atom. The molecule has 1 fully saturated rings. The number of rotatable bonds is 11. The minimum absolute atomic E-state index is 0.0238. The highest BCUT2D eigenvalue weighted by Crippen LogP contribution is 2.43. The quantitative estimate of drug-likeness (QED) is 0.0764. The first kappa shape index (κ1) is 40.6. The fourth-order valence-electron chi connectivity index (χ4n) is 6.26. The number of methoxy groups -OCH3 is 2. The van der Waals surface area contributed by atoms with E-state index >= 15 is 0 Å². The Bertz CT molecular complexity index is 2230. The molecule has 1 saturated heterocycles. The lowest BCUT2D eigenvalue weighted by atomic mass is 9.80. The summed E-state index contributed by atoms with van der Waals surface area (Å²) in [4.78, 5) is 26.3. The molecule has 14 nitrogen and oxygen atoms in total. The van der Waals surface area contributed by atoms with E-state index in [1.165, 1.54) is 11.0 Å². The molecule has 0 aliphatic carbocycles. The Kier molecular flexibility index (Phi) is 12.1. The van der Waals surface area contributed by atoms with Gasteiger partial charge in [-0.15, -0.1) is 0 Å². The number of nitrogens with one attached hydrogen (secondary N) is 1. The first-order valence-electron chi connectivity index (χ1n) is 17.6. The predicted octanol–water partition coefficient (Wildman–Crippen LogP) is 4.11. The van der Waals surface area contributed by atoms with Gasteiger partial charge in [0, 0.05) is 14.1 Å². The number of halogens is 3. The van der Waals surface area contributed by atoms with Gasteiger partial charge in [0.15, 0.2) is 17.7 Å². The maximum Gasteiger partial charge on any atom is 0.471 e. The Morgan fingerprint density at radius 2 is 1.53 bits per heavy atom. The number of benzene rings is 3. The molecule has 2 aromatic heterocycles. The van der Waals surface area contributed by atoms with Crippen molar-refractivity contribution in [1.82, 2.24) is 30.0 Å². The number of amidine groups is 1. The third-order valence-corrected chi connectivity index (χ3v) is 9.40. The molecule has 0 spiro atoms. The number of amides is 1. The number of nitrogens with zero attached hydrogens (tertiary/aromatic N) is 6. The summed E-state index contributed by atoms with van der Waals surface area (Å²) in [7, 11) is 6.68. The van der Waals surface area contributed by atoms with Gasteiger partial charge in [-0.1, -0.05) is 60.5 Å². The molecule has 0 saturated carbocycles. The van der Waals surface area contributed by atoms with E-state index in [0.29, 0.717) is 17.3 Å². The first-order chi connectivity index (χ1) is 27.3. The summed E-state index contributed by atoms with van der Waals surface area (Å²) in [6.07, 6.45) is -9.38. The van der Waals surface area contributed by atoms with Gasteiger partial charge in [-0.25, -0.2) is 19.6 Å². The van der Waals surface area contributed by atoms with Crippen molar-refractivity contribution in [3.63, 3.8) is 0 Å². The van der Waals surface area contributed by atoms with Crippen LogP contribution in [0.15, 0.2) is 90.2 Å². The van der Waals surface area contributed by atoms with Crippen molar-refractivity contribution in [1.29, 1.82) is 0 Å². The van der Waals surface area contributed by atoms with Crippen LogP contribution < -0.4 is 14.8 Å². The summed E-state index contributed by atoms with van der Waals surface area (Å²) in [5.74, 6) is 4.91. The van der Waals surface area contributed by atoms with Gasteiger partial charge in [-0.2, -0.15) is 18.3 Å². The lowest BCUT2D eigenvalue weighted by Gasteiger charge is -2.37. The third kappa shape index (κ3) is 8.39. The number of aliphatic hydroxyl groups is 2. The summed E-state index contributed by atoms with van der Waals surface area (Å²) >= 11 is 0. The molecule has 0 unspecified atom stereocenters. The maximum atomic E-state index is 12.8. The first-order valence-corrected chi connectivity index (χ1v) is 17.6. The monoisotopic (exact) mass is 787 g/mol. The van der Waals surface area contributed by atoms with E-state index in [0.717, 1.165) is 16.7 Å². The van der Waals surface area contributed by atoms with E-state index in [1.54, 1.807) is 45.5 Å². The fraction of sp³-hybridized carbons (Fsp3) is 0.325. The summed E-state index contributed by atoms with van der Waals surface area (Å²) in [6.45, 7) is 0.843. The molecule has 0 radical (unpaired) electrons. The van der Waals surface area contributed by atoms with Crippen molar-refractivity contribution < 1.29 is 47.1 Å². The number of carbonyl (C=O) groups is 1. The molecule has 3 heterocycles. The van der Waals surface area contributed by atoms with Gasteiger partial charge < -0.3 is 39.4 Å². The molecule has 4 atom stereocenters. The van der Waals surface area contributed by atoms with Crippen LogP contribution in [0.1, 0.15) is 35.5 Å². The summed E-state index contributed by atoms with van der Waals surface area (Å²) in [5, 5.41) is 29.4. The van der Waals surface area contributed by atoms with E-state index in [-0.39, 0.29) is 29.2 Å². The number of fused-ring (bicyclic) bond motifs is 1. The standard InChI is InChI=1S/C40H40F3N7O7/c1-24(49(2)3)47-35-32-30(12-9-21-44-38(53)40(41,42)43)48-50(36(32)46-23-45-35)37-34(52)33(51)31(57-37)22-56-39(25-10-7-6-8-11-25,26-13-17-28(54-4)18-14-26)27-15-19-29(55-5)20-16-27/h6-8,10-11,13-20,23,31,33-34,37,51-52H,21-22H2,1-5H3,(H,44,53)/b47-24-/t31-,33-,34-,37-/m1/s1. The molecule has 1 amide bonds. The van der Waals surface area contributed by atoms with Crippen molar-refractivity contribution >= 4 is 28.6 Å². The second kappa shape index (κ2) is 17.0. The van der Waals surface area contributed by atoms with Crippen molar-refractivity contribution in [3.05, 3.63) is 108 Å². The normalized spacial score (nSPS) is 18.5. The zero-order chi connectivity index (χ0) is 40.9. The topological polar surface area (TPSA) is 166 Å². The second-order valence-corrected chi connectivity index (χ2v) is 13.1. The van der Waals surface area contributed by atoms with Crippen LogP contribution in [-0.2, 0) is 19.9 Å². The van der Waals surface area contributed by atoms with E-state index < -0.39 is 48.8 Å². The highest BCUT2D eigenvalue weighted by molar-refractivity contribution is 5.94. The van der Waals surface area contributed by atoms with Crippen LogP contribution in [0.4, 0.5) is 19.0 Å².